The van der Waals surface area contributed by atoms with E-state index in [1.807, 2.05) is 24.3 Å². The third-order valence-electron chi connectivity index (χ3n) is 3.10. The summed E-state index contributed by atoms with van der Waals surface area (Å²) in [5.41, 5.74) is 6.51. The average Bonchev–Trinajstić information content (AvgIpc) is 2.30. The number of hydrogen-bond donors (Lipinski definition) is 1. The fourth-order valence-corrected chi connectivity index (χ4v) is 2.27. The standard InChI is InChI=1S/C13H18FNO/c14-11(5-7-15)9-10-6-8-16-13-4-2-1-3-12(10)13/h1-4,10-11H,5-9,15H2. The van der Waals surface area contributed by atoms with Gasteiger partial charge in [0.2, 0.25) is 0 Å². The Hall–Kier alpha value is -1.09. The van der Waals surface area contributed by atoms with E-state index in [1.165, 1.54) is 0 Å². The molecule has 0 saturated carbocycles. The molecule has 88 valence electrons. The van der Waals surface area contributed by atoms with E-state index in [1.54, 1.807) is 0 Å². The van der Waals surface area contributed by atoms with Crippen molar-refractivity contribution in [3.8, 4) is 5.75 Å². The highest BCUT2D eigenvalue weighted by Gasteiger charge is 2.23. The van der Waals surface area contributed by atoms with Crippen molar-refractivity contribution in [2.45, 2.75) is 31.4 Å². The topological polar surface area (TPSA) is 35.2 Å². The first-order chi connectivity index (χ1) is 7.81. The van der Waals surface area contributed by atoms with Gasteiger partial charge in [0, 0.05) is 0 Å². The largest absolute Gasteiger partial charge is 0.493 e. The van der Waals surface area contributed by atoms with E-state index in [0.717, 1.165) is 17.7 Å². The number of ether oxygens (including phenoxy) is 1. The van der Waals surface area contributed by atoms with Gasteiger partial charge in [-0.05, 0) is 43.4 Å². The minimum atomic E-state index is -0.791. The van der Waals surface area contributed by atoms with Gasteiger partial charge in [-0.15, -0.1) is 0 Å². The number of rotatable bonds is 4. The predicted octanol–water partition coefficient (Wildman–Crippen LogP) is 2.63. The van der Waals surface area contributed by atoms with Crippen LogP contribution in [0.15, 0.2) is 24.3 Å². The van der Waals surface area contributed by atoms with E-state index in [9.17, 15) is 4.39 Å². The molecule has 1 aliphatic rings. The molecule has 16 heavy (non-hydrogen) atoms. The fourth-order valence-electron chi connectivity index (χ4n) is 2.27. The van der Waals surface area contributed by atoms with Gasteiger partial charge in [-0.3, -0.25) is 0 Å². The maximum absolute atomic E-state index is 13.6. The maximum Gasteiger partial charge on any atom is 0.122 e. The van der Waals surface area contributed by atoms with Crippen molar-refractivity contribution >= 4 is 0 Å². The number of halogens is 1. The van der Waals surface area contributed by atoms with Gasteiger partial charge < -0.3 is 10.5 Å². The molecule has 1 aromatic rings. The number of hydrogen-bond acceptors (Lipinski definition) is 2. The molecular weight excluding hydrogens is 205 g/mol. The normalized spacial score (nSPS) is 21.0. The van der Waals surface area contributed by atoms with Crippen molar-refractivity contribution in [1.82, 2.24) is 0 Å². The summed E-state index contributed by atoms with van der Waals surface area (Å²) in [5, 5.41) is 0. The molecule has 0 spiro atoms. The minimum Gasteiger partial charge on any atom is -0.493 e. The molecule has 0 aliphatic carbocycles. The Morgan fingerprint density at radius 2 is 2.25 bits per heavy atom. The quantitative estimate of drug-likeness (QED) is 0.851. The molecule has 2 rings (SSSR count). The van der Waals surface area contributed by atoms with E-state index < -0.39 is 6.17 Å². The van der Waals surface area contributed by atoms with Crippen molar-refractivity contribution < 1.29 is 9.13 Å². The summed E-state index contributed by atoms with van der Waals surface area (Å²) in [6.45, 7) is 1.11. The van der Waals surface area contributed by atoms with Crippen LogP contribution in [-0.4, -0.2) is 19.3 Å². The summed E-state index contributed by atoms with van der Waals surface area (Å²) in [6.07, 6.45) is 1.14. The molecule has 2 unspecified atom stereocenters. The van der Waals surface area contributed by atoms with Crippen LogP contribution in [0, 0.1) is 0 Å². The lowest BCUT2D eigenvalue weighted by Gasteiger charge is -2.26. The zero-order valence-electron chi connectivity index (χ0n) is 9.36. The molecule has 1 heterocycles. The average molecular weight is 223 g/mol. The predicted molar refractivity (Wildman–Crippen MR) is 62.5 cm³/mol. The smallest absolute Gasteiger partial charge is 0.122 e. The summed E-state index contributed by atoms with van der Waals surface area (Å²) in [4.78, 5) is 0. The van der Waals surface area contributed by atoms with Crippen molar-refractivity contribution in [3.63, 3.8) is 0 Å². The first-order valence-electron chi connectivity index (χ1n) is 5.87. The van der Waals surface area contributed by atoms with E-state index in [-0.39, 0.29) is 5.92 Å². The van der Waals surface area contributed by atoms with Gasteiger partial charge in [-0.25, -0.2) is 4.39 Å². The van der Waals surface area contributed by atoms with Crippen LogP contribution in [0.3, 0.4) is 0 Å². The van der Waals surface area contributed by atoms with E-state index in [2.05, 4.69) is 0 Å². The Labute approximate surface area is 95.6 Å². The van der Waals surface area contributed by atoms with Crippen LogP contribution in [0.1, 0.15) is 30.7 Å². The van der Waals surface area contributed by atoms with Crippen LogP contribution in [0.25, 0.3) is 0 Å². The van der Waals surface area contributed by atoms with Gasteiger partial charge in [-0.2, -0.15) is 0 Å². The third-order valence-corrected chi connectivity index (χ3v) is 3.10. The Balaban J connectivity index is 2.07. The second-order valence-corrected chi connectivity index (χ2v) is 4.28. The molecule has 0 amide bonds. The first kappa shape index (κ1) is 11.4. The van der Waals surface area contributed by atoms with Gasteiger partial charge >= 0.3 is 0 Å². The number of alkyl halides is 1. The molecule has 2 atom stereocenters. The monoisotopic (exact) mass is 223 g/mol. The van der Waals surface area contributed by atoms with Gasteiger partial charge in [0.15, 0.2) is 0 Å². The Bertz CT molecular complexity index is 342. The van der Waals surface area contributed by atoms with Crippen LogP contribution < -0.4 is 10.5 Å². The Morgan fingerprint density at radius 1 is 1.44 bits per heavy atom. The number of para-hydroxylation sites is 1. The molecule has 2 nitrogen and oxygen atoms in total. The zero-order chi connectivity index (χ0) is 11.4. The molecule has 0 aromatic heterocycles. The van der Waals surface area contributed by atoms with Gasteiger partial charge in [0.05, 0.1) is 6.61 Å². The van der Waals surface area contributed by atoms with Crippen LogP contribution >= 0.6 is 0 Å². The van der Waals surface area contributed by atoms with Gasteiger partial charge in [0.1, 0.15) is 11.9 Å². The van der Waals surface area contributed by atoms with Crippen LogP contribution in [0.5, 0.6) is 5.75 Å². The number of nitrogens with two attached hydrogens (primary N) is 1. The molecular formula is C13H18FNO. The van der Waals surface area contributed by atoms with Crippen molar-refractivity contribution in [3.05, 3.63) is 29.8 Å². The van der Waals surface area contributed by atoms with Gasteiger partial charge in [-0.1, -0.05) is 18.2 Å². The number of fused-ring (bicyclic) bond motifs is 1. The highest BCUT2D eigenvalue weighted by atomic mass is 19.1. The molecule has 1 aliphatic heterocycles. The van der Waals surface area contributed by atoms with Crippen molar-refractivity contribution in [2.75, 3.05) is 13.2 Å². The summed E-state index contributed by atoms with van der Waals surface area (Å²) in [5.74, 6) is 1.20. The van der Waals surface area contributed by atoms with Crippen LogP contribution in [0.2, 0.25) is 0 Å². The van der Waals surface area contributed by atoms with Crippen LogP contribution in [-0.2, 0) is 0 Å². The fraction of sp³-hybridized carbons (Fsp3) is 0.538. The molecule has 0 radical (unpaired) electrons. The SMILES string of the molecule is NCCC(F)CC1CCOc2ccccc21. The highest BCUT2D eigenvalue weighted by Crippen LogP contribution is 2.36. The van der Waals surface area contributed by atoms with E-state index in [4.69, 9.17) is 10.5 Å². The summed E-state index contributed by atoms with van der Waals surface area (Å²) in [6, 6.07) is 7.93. The van der Waals surface area contributed by atoms with E-state index >= 15 is 0 Å². The summed E-state index contributed by atoms with van der Waals surface area (Å²) in [7, 11) is 0. The first-order valence-corrected chi connectivity index (χ1v) is 5.87. The maximum atomic E-state index is 13.6. The number of benzene rings is 1. The Morgan fingerprint density at radius 3 is 3.06 bits per heavy atom. The highest BCUT2D eigenvalue weighted by molar-refractivity contribution is 5.37. The van der Waals surface area contributed by atoms with Crippen molar-refractivity contribution in [1.29, 1.82) is 0 Å². The van der Waals surface area contributed by atoms with Crippen LogP contribution in [0.4, 0.5) is 4.39 Å². The molecule has 0 saturated heterocycles. The lowest BCUT2D eigenvalue weighted by atomic mass is 9.88. The molecule has 3 heteroatoms. The molecule has 2 N–H and O–H groups in total. The molecule has 0 bridgehead atoms. The zero-order valence-corrected chi connectivity index (χ0v) is 9.36. The molecule has 1 aromatic carbocycles. The lowest BCUT2D eigenvalue weighted by Crippen LogP contribution is -2.19. The second-order valence-electron chi connectivity index (χ2n) is 4.28. The van der Waals surface area contributed by atoms with Gasteiger partial charge in [0.25, 0.3) is 0 Å². The molecule has 0 fully saturated rings. The van der Waals surface area contributed by atoms with Crippen molar-refractivity contribution in [2.24, 2.45) is 5.73 Å². The summed E-state index contributed by atoms with van der Waals surface area (Å²) < 4.78 is 19.1. The minimum absolute atomic E-state index is 0.284. The lowest BCUT2D eigenvalue weighted by molar-refractivity contribution is 0.225. The third kappa shape index (κ3) is 2.53. The summed E-state index contributed by atoms with van der Waals surface area (Å²) >= 11 is 0. The van der Waals surface area contributed by atoms with E-state index in [0.29, 0.717) is 26.0 Å². The second kappa shape index (κ2) is 5.30. The Kier molecular flexibility index (Phi) is 3.78.